The summed E-state index contributed by atoms with van der Waals surface area (Å²) in [7, 11) is 1.20. The number of benzene rings is 1. The number of hydrogen-bond acceptors (Lipinski definition) is 4. The van der Waals surface area contributed by atoms with E-state index in [0.29, 0.717) is 6.54 Å². The summed E-state index contributed by atoms with van der Waals surface area (Å²) >= 11 is 0. The van der Waals surface area contributed by atoms with E-state index in [1.165, 1.54) is 19.2 Å². The first-order valence-electron chi connectivity index (χ1n) is 5.37. The maximum absolute atomic E-state index is 13.2. The highest BCUT2D eigenvalue weighted by Crippen LogP contribution is 2.16. The molecule has 0 saturated carbocycles. The van der Waals surface area contributed by atoms with Crippen molar-refractivity contribution in [1.82, 2.24) is 9.78 Å². The van der Waals surface area contributed by atoms with Gasteiger partial charge in [0.1, 0.15) is 5.82 Å². The molecule has 94 valence electrons. The average Bonchev–Trinajstić information content (AvgIpc) is 2.38. The number of esters is 1. The van der Waals surface area contributed by atoms with Crippen LogP contribution >= 0.6 is 0 Å². The molecule has 1 aromatic carbocycles. The number of methoxy groups -OCH3 is 1. The second-order valence-corrected chi connectivity index (χ2v) is 3.65. The first-order valence-corrected chi connectivity index (χ1v) is 5.37. The third kappa shape index (κ3) is 1.85. The number of carbonyl (C=O) groups excluding carboxylic acids is 1. The number of fused-ring (bicyclic) bond motifs is 1. The van der Waals surface area contributed by atoms with E-state index in [1.807, 2.05) is 0 Å². The average molecular weight is 250 g/mol. The second kappa shape index (κ2) is 4.56. The number of carbonyl (C=O) groups is 1. The van der Waals surface area contributed by atoms with E-state index >= 15 is 0 Å². The monoisotopic (exact) mass is 250 g/mol. The van der Waals surface area contributed by atoms with Crippen molar-refractivity contribution in [1.29, 1.82) is 0 Å². The molecule has 0 radical (unpaired) electrons. The van der Waals surface area contributed by atoms with E-state index in [-0.39, 0.29) is 22.0 Å². The lowest BCUT2D eigenvalue weighted by Gasteiger charge is -2.08. The summed E-state index contributed by atoms with van der Waals surface area (Å²) in [4.78, 5) is 23.6. The molecular weight excluding hydrogens is 239 g/mol. The summed E-state index contributed by atoms with van der Waals surface area (Å²) in [6.07, 6.45) is 0. The Morgan fingerprint density at radius 2 is 2.17 bits per heavy atom. The van der Waals surface area contributed by atoms with Gasteiger partial charge in [0.25, 0.3) is 5.56 Å². The molecule has 0 bridgehead atoms. The Morgan fingerprint density at radius 3 is 2.78 bits per heavy atom. The van der Waals surface area contributed by atoms with Crippen molar-refractivity contribution in [2.75, 3.05) is 7.11 Å². The van der Waals surface area contributed by atoms with Crippen LogP contribution in [0.1, 0.15) is 17.4 Å². The molecule has 0 fully saturated rings. The minimum atomic E-state index is -0.701. The van der Waals surface area contributed by atoms with E-state index in [2.05, 4.69) is 9.84 Å². The summed E-state index contributed by atoms with van der Waals surface area (Å²) in [6.45, 7) is 2.04. The van der Waals surface area contributed by atoms with Crippen molar-refractivity contribution in [3.63, 3.8) is 0 Å². The zero-order valence-electron chi connectivity index (χ0n) is 9.94. The third-order valence-corrected chi connectivity index (χ3v) is 2.60. The summed E-state index contributed by atoms with van der Waals surface area (Å²) in [5.74, 6) is -1.24. The molecule has 0 N–H and O–H groups in total. The highest BCUT2D eigenvalue weighted by Gasteiger charge is 2.17. The normalized spacial score (nSPS) is 10.6. The fourth-order valence-electron chi connectivity index (χ4n) is 1.72. The summed E-state index contributed by atoms with van der Waals surface area (Å²) in [5, 5.41) is 4.30. The number of hydrogen-bond donors (Lipinski definition) is 0. The fourth-order valence-corrected chi connectivity index (χ4v) is 1.72. The number of aromatic nitrogens is 2. The molecule has 0 unspecified atom stereocenters. The molecule has 0 amide bonds. The Kier molecular flexibility index (Phi) is 3.10. The molecule has 18 heavy (non-hydrogen) atoms. The third-order valence-electron chi connectivity index (χ3n) is 2.60. The maximum atomic E-state index is 13.2. The van der Waals surface area contributed by atoms with Crippen molar-refractivity contribution < 1.29 is 13.9 Å². The van der Waals surface area contributed by atoms with Crippen LogP contribution in [-0.4, -0.2) is 22.9 Å². The van der Waals surface area contributed by atoms with Gasteiger partial charge in [-0.25, -0.2) is 13.9 Å². The molecule has 0 atom stereocenters. The highest BCUT2D eigenvalue weighted by atomic mass is 19.1. The molecule has 5 nitrogen and oxygen atoms in total. The van der Waals surface area contributed by atoms with E-state index in [4.69, 9.17) is 0 Å². The number of rotatable bonds is 2. The van der Waals surface area contributed by atoms with E-state index < -0.39 is 11.8 Å². The SMILES string of the molecule is CCn1nc(C(=O)OC)c2cc(F)ccc2c1=O. The van der Waals surface area contributed by atoms with Gasteiger partial charge in [-0.1, -0.05) is 0 Å². The Balaban J connectivity index is 2.91. The zero-order valence-corrected chi connectivity index (χ0v) is 9.94. The lowest BCUT2D eigenvalue weighted by Crippen LogP contribution is -2.25. The van der Waals surface area contributed by atoms with Gasteiger partial charge in [-0.3, -0.25) is 4.79 Å². The summed E-state index contributed by atoms with van der Waals surface area (Å²) < 4.78 is 18.9. The van der Waals surface area contributed by atoms with Crippen molar-refractivity contribution in [2.24, 2.45) is 0 Å². The van der Waals surface area contributed by atoms with Crippen LogP contribution in [0.2, 0.25) is 0 Å². The molecule has 2 aromatic rings. The van der Waals surface area contributed by atoms with Crippen molar-refractivity contribution in [2.45, 2.75) is 13.5 Å². The van der Waals surface area contributed by atoms with Crippen LogP contribution < -0.4 is 5.56 Å². The molecule has 1 aromatic heterocycles. The standard InChI is InChI=1S/C12H11FN2O3/c1-3-15-11(16)8-5-4-7(13)6-9(8)10(14-15)12(17)18-2/h4-6H,3H2,1-2H3. The second-order valence-electron chi connectivity index (χ2n) is 3.65. The zero-order chi connectivity index (χ0) is 13.3. The topological polar surface area (TPSA) is 61.2 Å². The molecule has 0 spiro atoms. The number of halogens is 1. The summed E-state index contributed by atoms with van der Waals surface area (Å²) in [5.41, 5.74) is -0.423. The van der Waals surface area contributed by atoms with Gasteiger partial charge in [-0.05, 0) is 25.1 Å². The minimum Gasteiger partial charge on any atom is -0.464 e. The van der Waals surface area contributed by atoms with Crippen LogP contribution in [0, 0.1) is 5.82 Å². The van der Waals surface area contributed by atoms with Gasteiger partial charge in [0, 0.05) is 11.9 Å². The quantitative estimate of drug-likeness (QED) is 0.755. The van der Waals surface area contributed by atoms with E-state index in [1.54, 1.807) is 6.92 Å². The highest BCUT2D eigenvalue weighted by molar-refractivity contribution is 6.02. The van der Waals surface area contributed by atoms with Crippen LogP contribution in [0.4, 0.5) is 4.39 Å². The molecule has 2 rings (SSSR count). The molecule has 1 heterocycles. The molecular formula is C12H11FN2O3. The maximum Gasteiger partial charge on any atom is 0.359 e. The predicted molar refractivity (Wildman–Crippen MR) is 63.0 cm³/mol. The number of nitrogens with zero attached hydrogens (tertiary/aromatic N) is 2. The summed E-state index contributed by atoms with van der Waals surface area (Å²) in [6, 6.07) is 3.62. The van der Waals surface area contributed by atoms with E-state index in [9.17, 15) is 14.0 Å². The smallest absolute Gasteiger partial charge is 0.359 e. The molecule has 0 saturated heterocycles. The molecule has 6 heteroatoms. The van der Waals surface area contributed by atoms with Crippen LogP contribution in [0.25, 0.3) is 10.8 Å². The Hall–Kier alpha value is -2.24. The van der Waals surface area contributed by atoms with Crippen molar-refractivity contribution in [3.8, 4) is 0 Å². The first kappa shape index (κ1) is 12.2. The Bertz CT molecular complexity index is 679. The molecule has 0 aliphatic heterocycles. The van der Waals surface area contributed by atoms with Crippen LogP contribution in [0.3, 0.4) is 0 Å². The van der Waals surface area contributed by atoms with Gasteiger partial charge in [0.2, 0.25) is 0 Å². The number of aryl methyl sites for hydroxylation is 1. The Morgan fingerprint density at radius 1 is 1.44 bits per heavy atom. The van der Waals surface area contributed by atoms with Gasteiger partial charge in [-0.15, -0.1) is 0 Å². The lowest BCUT2D eigenvalue weighted by molar-refractivity contribution is 0.0593. The van der Waals surface area contributed by atoms with Gasteiger partial charge in [0.05, 0.1) is 12.5 Å². The van der Waals surface area contributed by atoms with Crippen molar-refractivity contribution >= 4 is 16.7 Å². The first-order chi connectivity index (χ1) is 8.58. The van der Waals surface area contributed by atoms with Gasteiger partial charge < -0.3 is 4.74 Å². The number of ether oxygens (including phenoxy) is 1. The molecule has 0 aliphatic carbocycles. The lowest BCUT2D eigenvalue weighted by atomic mass is 10.1. The van der Waals surface area contributed by atoms with Crippen LogP contribution in [0.5, 0.6) is 0 Å². The Labute approximate surface area is 102 Å². The van der Waals surface area contributed by atoms with E-state index in [0.717, 1.165) is 10.7 Å². The van der Waals surface area contributed by atoms with Crippen molar-refractivity contribution in [3.05, 3.63) is 40.1 Å². The van der Waals surface area contributed by atoms with Gasteiger partial charge >= 0.3 is 5.97 Å². The van der Waals surface area contributed by atoms with Crippen LogP contribution in [0.15, 0.2) is 23.0 Å². The van der Waals surface area contributed by atoms with Crippen LogP contribution in [-0.2, 0) is 11.3 Å². The largest absolute Gasteiger partial charge is 0.464 e. The fraction of sp³-hybridized carbons (Fsp3) is 0.250. The van der Waals surface area contributed by atoms with Gasteiger partial charge in [0.15, 0.2) is 5.69 Å². The van der Waals surface area contributed by atoms with Gasteiger partial charge in [-0.2, -0.15) is 5.10 Å². The minimum absolute atomic E-state index is 0.0616. The molecule has 0 aliphatic rings. The predicted octanol–water partition coefficient (Wildman–Crippen LogP) is 1.34.